The third-order valence-corrected chi connectivity index (χ3v) is 3.96. The number of ether oxygens (including phenoxy) is 2. The van der Waals surface area contributed by atoms with E-state index in [2.05, 4.69) is 0 Å². The third-order valence-electron chi connectivity index (χ3n) is 3.96. The molecule has 0 amide bonds. The Balaban J connectivity index is 0.00000420. The van der Waals surface area contributed by atoms with Gasteiger partial charge in [0.1, 0.15) is 0 Å². The number of carboxylic acids is 2. The lowest BCUT2D eigenvalue weighted by molar-refractivity contribution is -0.166. The van der Waals surface area contributed by atoms with Crippen LogP contribution in [0, 0.1) is 13.8 Å². The molecule has 0 heterocycles. The Morgan fingerprint density at radius 1 is 0.690 bits per heavy atom. The van der Waals surface area contributed by atoms with Gasteiger partial charge in [-0.3, -0.25) is 0 Å². The number of carbonyl (C=O) groups is 4. The fourth-order valence-corrected chi connectivity index (χ4v) is 2.44. The number of esters is 2. The molecule has 2 aromatic rings. The zero-order valence-electron chi connectivity index (χ0n) is 15.6. The molecule has 0 bridgehead atoms. The topological polar surface area (TPSA) is 159 Å². The summed E-state index contributed by atoms with van der Waals surface area (Å²) in [6, 6.07) is 12.5. The van der Waals surface area contributed by atoms with Crippen LogP contribution in [0.1, 0.15) is 31.8 Å². The summed E-state index contributed by atoms with van der Waals surface area (Å²) in [7, 11) is 0. The number of benzene rings is 2. The Morgan fingerprint density at radius 2 is 1.00 bits per heavy atom. The molecule has 0 aliphatic rings. The highest BCUT2D eigenvalue weighted by atomic mass is 16.6. The summed E-state index contributed by atoms with van der Waals surface area (Å²) in [4.78, 5) is 47.7. The van der Waals surface area contributed by atoms with Gasteiger partial charge in [0.25, 0.3) is 0 Å². The predicted molar refractivity (Wildman–Crippen MR) is 99.7 cm³/mol. The average molecular weight is 404 g/mol. The van der Waals surface area contributed by atoms with E-state index in [0.29, 0.717) is 11.1 Å². The third kappa shape index (κ3) is 5.63. The SMILES string of the molecule is Cc1ccccc1C(=O)O[C@@H](C(=O)O)[C@@H](OC(=O)c1ccccc1C)C(=O)O.O. The van der Waals surface area contributed by atoms with E-state index in [1.165, 1.54) is 12.1 Å². The molecule has 0 aliphatic carbocycles. The van der Waals surface area contributed by atoms with E-state index in [1.807, 2.05) is 0 Å². The van der Waals surface area contributed by atoms with E-state index in [4.69, 9.17) is 9.47 Å². The molecular weight excluding hydrogens is 384 g/mol. The van der Waals surface area contributed by atoms with Crippen LogP contribution in [0.25, 0.3) is 0 Å². The molecule has 0 saturated carbocycles. The minimum atomic E-state index is -2.22. The van der Waals surface area contributed by atoms with Gasteiger partial charge >= 0.3 is 23.9 Å². The van der Waals surface area contributed by atoms with Crippen LogP contribution in [0.2, 0.25) is 0 Å². The van der Waals surface area contributed by atoms with Crippen molar-refractivity contribution in [1.29, 1.82) is 0 Å². The predicted octanol–water partition coefficient (Wildman–Crippen LogP) is 1.40. The van der Waals surface area contributed by atoms with Gasteiger partial charge in [0.05, 0.1) is 11.1 Å². The van der Waals surface area contributed by atoms with Gasteiger partial charge in [-0.1, -0.05) is 36.4 Å². The normalized spacial score (nSPS) is 12.1. The molecule has 29 heavy (non-hydrogen) atoms. The molecule has 9 heteroatoms. The fourth-order valence-electron chi connectivity index (χ4n) is 2.44. The number of aliphatic carboxylic acids is 2. The Hall–Kier alpha value is -3.72. The second-order valence-electron chi connectivity index (χ2n) is 5.96. The maximum atomic E-state index is 12.3. The zero-order chi connectivity index (χ0) is 20.8. The number of carboxylic acid groups (broad SMARTS) is 2. The second-order valence-corrected chi connectivity index (χ2v) is 5.96. The molecule has 0 saturated heterocycles. The first-order valence-corrected chi connectivity index (χ1v) is 8.21. The Kier molecular flexibility index (Phi) is 8.04. The lowest BCUT2D eigenvalue weighted by Crippen LogP contribution is -2.46. The summed E-state index contributed by atoms with van der Waals surface area (Å²) in [6.07, 6.45) is -4.45. The summed E-state index contributed by atoms with van der Waals surface area (Å²) < 4.78 is 9.75. The summed E-state index contributed by atoms with van der Waals surface area (Å²) >= 11 is 0. The summed E-state index contributed by atoms with van der Waals surface area (Å²) in [6.45, 7) is 3.22. The maximum absolute atomic E-state index is 12.3. The Labute approximate surface area is 165 Å². The van der Waals surface area contributed by atoms with Crippen molar-refractivity contribution >= 4 is 23.9 Å². The van der Waals surface area contributed by atoms with E-state index >= 15 is 0 Å². The van der Waals surface area contributed by atoms with Crippen molar-refractivity contribution in [2.24, 2.45) is 0 Å². The monoisotopic (exact) mass is 404 g/mol. The van der Waals surface area contributed by atoms with E-state index < -0.39 is 36.1 Å². The molecule has 2 rings (SSSR count). The van der Waals surface area contributed by atoms with E-state index in [-0.39, 0.29) is 16.6 Å². The van der Waals surface area contributed by atoms with Crippen molar-refractivity contribution < 1.29 is 44.3 Å². The number of rotatable bonds is 7. The van der Waals surface area contributed by atoms with E-state index in [1.54, 1.807) is 50.2 Å². The molecule has 154 valence electrons. The second kappa shape index (κ2) is 10.00. The quantitative estimate of drug-likeness (QED) is 0.655. The first kappa shape index (κ1) is 23.3. The van der Waals surface area contributed by atoms with Crippen LogP contribution in [-0.2, 0) is 19.1 Å². The molecule has 4 N–H and O–H groups in total. The smallest absolute Gasteiger partial charge is 0.349 e. The standard InChI is InChI=1S/C20H18O8.H2O/c1-11-7-3-5-9-13(11)19(25)27-15(17(21)22)16(18(23)24)28-20(26)14-10-6-4-8-12(14)2;/h3-10,15-16H,1-2H3,(H,21,22)(H,23,24);1H2/t15-,16-;/m1./s1. The first-order chi connectivity index (χ1) is 13.2. The fraction of sp³-hybridized carbons (Fsp3) is 0.200. The summed E-state index contributed by atoms with van der Waals surface area (Å²) in [5, 5.41) is 18.7. The molecule has 0 spiro atoms. The number of carbonyl (C=O) groups excluding carboxylic acids is 2. The molecule has 0 fully saturated rings. The summed E-state index contributed by atoms with van der Waals surface area (Å²) in [5.41, 5.74) is 1.17. The number of hydrogen-bond acceptors (Lipinski definition) is 6. The van der Waals surface area contributed by atoms with Gasteiger partial charge in [-0.2, -0.15) is 0 Å². The van der Waals surface area contributed by atoms with Gasteiger partial charge < -0.3 is 25.2 Å². The van der Waals surface area contributed by atoms with Gasteiger partial charge in [-0.15, -0.1) is 0 Å². The minimum absolute atomic E-state index is 0. The minimum Gasteiger partial charge on any atom is -0.478 e. The van der Waals surface area contributed by atoms with E-state index in [9.17, 15) is 29.4 Å². The number of hydrogen-bond donors (Lipinski definition) is 2. The highest BCUT2D eigenvalue weighted by Gasteiger charge is 2.41. The van der Waals surface area contributed by atoms with Crippen LogP contribution in [0.5, 0.6) is 0 Å². The van der Waals surface area contributed by atoms with Gasteiger partial charge in [0.15, 0.2) is 0 Å². The largest absolute Gasteiger partial charge is 0.478 e. The van der Waals surface area contributed by atoms with Crippen LogP contribution >= 0.6 is 0 Å². The average Bonchev–Trinajstić information content (AvgIpc) is 2.64. The molecule has 0 unspecified atom stereocenters. The van der Waals surface area contributed by atoms with Crippen LogP contribution in [-0.4, -0.2) is 51.8 Å². The Bertz CT molecular complexity index is 844. The molecule has 2 aromatic carbocycles. The molecule has 0 aromatic heterocycles. The highest BCUT2D eigenvalue weighted by molar-refractivity contribution is 5.96. The van der Waals surface area contributed by atoms with Crippen LogP contribution in [0.15, 0.2) is 48.5 Å². The van der Waals surface area contributed by atoms with Crippen LogP contribution in [0.3, 0.4) is 0 Å². The van der Waals surface area contributed by atoms with Gasteiger partial charge in [0.2, 0.25) is 12.2 Å². The summed E-state index contributed by atoms with van der Waals surface area (Å²) in [5.74, 6) is -5.59. The molecule has 2 atom stereocenters. The zero-order valence-corrected chi connectivity index (χ0v) is 15.6. The van der Waals surface area contributed by atoms with Crippen molar-refractivity contribution in [3.05, 3.63) is 70.8 Å². The maximum Gasteiger partial charge on any atom is 0.349 e. The lowest BCUT2D eigenvalue weighted by atomic mass is 10.1. The van der Waals surface area contributed by atoms with Crippen molar-refractivity contribution in [2.45, 2.75) is 26.1 Å². The number of aryl methyl sites for hydroxylation is 2. The molecule has 0 aliphatic heterocycles. The van der Waals surface area contributed by atoms with Crippen molar-refractivity contribution in [2.75, 3.05) is 0 Å². The van der Waals surface area contributed by atoms with Gasteiger partial charge in [0, 0.05) is 0 Å². The highest BCUT2D eigenvalue weighted by Crippen LogP contribution is 2.16. The van der Waals surface area contributed by atoms with E-state index in [0.717, 1.165) is 0 Å². The van der Waals surface area contributed by atoms with Crippen LogP contribution in [0.4, 0.5) is 0 Å². The molecular formula is C20H20O9. The molecule has 9 nitrogen and oxygen atoms in total. The molecule has 0 radical (unpaired) electrons. The van der Waals surface area contributed by atoms with Crippen LogP contribution < -0.4 is 0 Å². The first-order valence-electron chi connectivity index (χ1n) is 8.21. The van der Waals surface area contributed by atoms with Gasteiger partial charge in [-0.25, -0.2) is 19.2 Å². The van der Waals surface area contributed by atoms with Gasteiger partial charge in [-0.05, 0) is 37.1 Å². The van der Waals surface area contributed by atoms with Crippen molar-refractivity contribution in [3.8, 4) is 0 Å². The Morgan fingerprint density at radius 3 is 1.28 bits per heavy atom. The van der Waals surface area contributed by atoms with Crippen molar-refractivity contribution in [1.82, 2.24) is 0 Å². The lowest BCUT2D eigenvalue weighted by Gasteiger charge is -2.21. The van der Waals surface area contributed by atoms with Crippen molar-refractivity contribution in [3.63, 3.8) is 0 Å².